The molecule has 4 nitrogen and oxygen atoms in total. The largest absolute Gasteiger partial charge is 0.440 e. The second kappa shape index (κ2) is 5.81. The second-order valence-electron chi connectivity index (χ2n) is 5.21. The molecular formula is C17H15ClN2O2. The SMILES string of the molecule is Cc1ccc(Cl)c(NC(=O)C(C)c2nc3ccccc3o2)c1. The van der Waals surface area contributed by atoms with Crippen LogP contribution in [0.3, 0.4) is 0 Å². The summed E-state index contributed by atoms with van der Waals surface area (Å²) in [6.45, 7) is 3.69. The lowest BCUT2D eigenvalue weighted by Gasteiger charge is -2.11. The van der Waals surface area contributed by atoms with E-state index in [4.69, 9.17) is 16.0 Å². The van der Waals surface area contributed by atoms with Gasteiger partial charge < -0.3 is 9.73 Å². The first kappa shape index (κ1) is 14.6. The Morgan fingerprint density at radius 2 is 2.05 bits per heavy atom. The van der Waals surface area contributed by atoms with Crippen LogP contribution in [0.25, 0.3) is 11.1 Å². The quantitative estimate of drug-likeness (QED) is 0.772. The standard InChI is InChI=1S/C17H15ClN2O2/c1-10-7-8-12(18)14(9-10)19-16(21)11(2)17-20-13-5-3-4-6-15(13)22-17/h3-9,11H,1-2H3,(H,19,21). The minimum absolute atomic E-state index is 0.209. The molecule has 0 aliphatic carbocycles. The van der Waals surface area contributed by atoms with E-state index in [-0.39, 0.29) is 5.91 Å². The molecule has 0 radical (unpaired) electrons. The Kier molecular flexibility index (Phi) is 3.86. The van der Waals surface area contributed by atoms with Gasteiger partial charge in [-0.15, -0.1) is 0 Å². The number of carbonyl (C=O) groups excluding carboxylic acids is 1. The maximum absolute atomic E-state index is 12.4. The van der Waals surface area contributed by atoms with Crippen LogP contribution in [0.15, 0.2) is 46.9 Å². The predicted molar refractivity (Wildman–Crippen MR) is 87.2 cm³/mol. The number of rotatable bonds is 3. The van der Waals surface area contributed by atoms with E-state index in [1.54, 1.807) is 13.0 Å². The zero-order valence-corrected chi connectivity index (χ0v) is 13.0. The van der Waals surface area contributed by atoms with E-state index in [1.165, 1.54) is 0 Å². The predicted octanol–water partition coefficient (Wildman–Crippen LogP) is 4.53. The molecule has 0 spiro atoms. The molecule has 22 heavy (non-hydrogen) atoms. The Hall–Kier alpha value is -2.33. The van der Waals surface area contributed by atoms with Crippen LogP contribution >= 0.6 is 11.6 Å². The minimum Gasteiger partial charge on any atom is -0.440 e. The van der Waals surface area contributed by atoms with Crippen molar-refractivity contribution in [3.05, 3.63) is 58.9 Å². The zero-order chi connectivity index (χ0) is 15.7. The van der Waals surface area contributed by atoms with Gasteiger partial charge in [0.2, 0.25) is 11.8 Å². The van der Waals surface area contributed by atoms with Crippen molar-refractivity contribution in [3.63, 3.8) is 0 Å². The first-order chi connectivity index (χ1) is 10.5. The molecule has 3 rings (SSSR count). The summed E-state index contributed by atoms with van der Waals surface area (Å²) in [5.74, 6) is -0.328. The number of fused-ring (bicyclic) bond motifs is 1. The monoisotopic (exact) mass is 314 g/mol. The van der Waals surface area contributed by atoms with Crippen molar-refractivity contribution in [2.45, 2.75) is 19.8 Å². The Balaban J connectivity index is 1.83. The fraction of sp³-hybridized carbons (Fsp3) is 0.176. The molecule has 1 aromatic heterocycles. The lowest BCUT2D eigenvalue weighted by molar-refractivity contribution is -0.117. The van der Waals surface area contributed by atoms with Gasteiger partial charge in [0, 0.05) is 0 Å². The highest BCUT2D eigenvalue weighted by atomic mass is 35.5. The van der Waals surface area contributed by atoms with E-state index < -0.39 is 5.92 Å². The number of hydrogen-bond donors (Lipinski definition) is 1. The lowest BCUT2D eigenvalue weighted by atomic mass is 10.1. The first-order valence-electron chi connectivity index (χ1n) is 6.97. The third-order valence-corrected chi connectivity index (χ3v) is 3.78. The Labute approximate surface area is 133 Å². The summed E-state index contributed by atoms with van der Waals surface area (Å²) in [7, 11) is 0. The lowest BCUT2D eigenvalue weighted by Crippen LogP contribution is -2.19. The average Bonchev–Trinajstić information content (AvgIpc) is 2.94. The molecule has 0 aliphatic rings. The third kappa shape index (κ3) is 2.83. The molecule has 2 aromatic carbocycles. The van der Waals surface area contributed by atoms with Gasteiger partial charge >= 0.3 is 0 Å². The summed E-state index contributed by atoms with van der Waals surface area (Å²) in [6, 6.07) is 12.9. The van der Waals surface area contributed by atoms with Gasteiger partial charge in [0.25, 0.3) is 0 Å². The fourth-order valence-corrected chi connectivity index (χ4v) is 2.33. The van der Waals surface area contributed by atoms with Gasteiger partial charge in [-0.1, -0.05) is 29.8 Å². The van der Waals surface area contributed by atoms with Crippen molar-refractivity contribution in [2.75, 3.05) is 5.32 Å². The summed E-state index contributed by atoms with van der Waals surface area (Å²) < 4.78 is 5.64. The molecule has 1 atom stereocenters. The Morgan fingerprint density at radius 3 is 2.82 bits per heavy atom. The highest BCUT2D eigenvalue weighted by Gasteiger charge is 2.21. The molecule has 0 fully saturated rings. The van der Waals surface area contributed by atoms with E-state index in [0.29, 0.717) is 22.2 Å². The number of benzene rings is 2. The normalized spacial score (nSPS) is 12.3. The molecule has 0 bridgehead atoms. The van der Waals surface area contributed by atoms with Crippen molar-refractivity contribution in [1.29, 1.82) is 0 Å². The van der Waals surface area contributed by atoms with E-state index in [0.717, 1.165) is 11.1 Å². The van der Waals surface area contributed by atoms with Crippen LogP contribution in [0.5, 0.6) is 0 Å². The highest BCUT2D eigenvalue weighted by Crippen LogP contribution is 2.26. The molecule has 1 unspecified atom stereocenters. The molecule has 0 saturated heterocycles. The summed E-state index contributed by atoms with van der Waals surface area (Å²) in [6.07, 6.45) is 0. The van der Waals surface area contributed by atoms with Crippen LogP contribution in [0.2, 0.25) is 5.02 Å². The number of amides is 1. The summed E-state index contributed by atoms with van der Waals surface area (Å²) >= 11 is 6.10. The molecule has 1 heterocycles. The van der Waals surface area contributed by atoms with Gasteiger partial charge in [0.05, 0.1) is 10.7 Å². The molecular weight excluding hydrogens is 300 g/mol. The number of nitrogens with one attached hydrogen (secondary N) is 1. The maximum Gasteiger partial charge on any atom is 0.236 e. The van der Waals surface area contributed by atoms with Crippen LogP contribution in [0, 0.1) is 6.92 Å². The number of halogens is 1. The summed E-state index contributed by atoms with van der Waals surface area (Å²) in [5.41, 5.74) is 3.03. The number of aromatic nitrogens is 1. The number of hydrogen-bond acceptors (Lipinski definition) is 3. The van der Waals surface area contributed by atoms with Crippen LogP contribution in [-0.2, 0) is 4.79 Å². The van der Waals surface area contributed by atoms with Crippen molar-refractivity contribution >= 4 is 34.3 Å². The van der Waals surface area contributed by atoms with E-state index in [1.807, 2.05) is 43.3 Å². The molecule has 1 amide bonds. The Morgan fingerprint density at radius 1 is 1.27 bits per heavy atom. The smallest absolute Gasteiger partial charge is 0.236 e. The number of oxazole rings is 1. The molecule has 112 valence electrons. The molecule has 1 N–H and O–H groups in total. The Bertz CT molecular complexity index is 809. The van der Waals surface area contributed by atoms with Crippen LogP contribution in [0.1, 0.15) is 24.3 Å². The van der Waals surface area contributed by atoms with E-state index in [9.17, 15) is 4.79 Å². The molecule has 0 saturated carbocycles. The number of nitrogens with zero attached hydrogens (tertiary/aromatic N) is 1. The minimum atomic E-state index is -0.510. The maximum atomic E-state index is 12.4. The van der Waals surface area contributed by atoms with Crippen molar-refractivity contribution in [2.24, 2.45) is 0 Å². The third-order valence-electron chi connectivity index (χ3n) is 3.45. The van der Waals surface area contributed by atoms with Gasteiger partial charge in [0.15, 0.2) is 5.58 Å². The fourth-order valence-electron chi connectivity index (χ4n) is 2.16. The van der Waals surface area contributed by atoms with Gasteiger partial charge in [0.1, 0.15) is 11.4 Å². The van der Waals surface area contributed by atoms with Gasteiger partial charge in [-0.2, -0.15) is 0 Å². The highest BCUT2D eigenvalue weighted by molar-refractivity contribution is 6.33. The number of carbonyl (C=O) groups is 1. The van der Waals surface area contributed by atoms with Crippen molar-refractivity contribution in [3.8, 4) is 0 Å². The van der Waals surface area contributed by atoms with Crippen LogP contribution in [0.4, 0.5) is 5.69 Å². The van der Waals surface area contributed by atoms with Crippen LogP contribution in [-0.4, -0.2) is 10.9 Å². The van der Waals surface area contributed by atoms with Crippen LogP contribution < -0.4 is 5.32 Å². The molecule has 5 heteroatoms. The average molecular weight is 315 g/mol. The second-order valence-corrected chi connectivity index (χ2v) is 5.62. The molecule has 0 aliphatic heterocycles. The van der Waals surface area contributed by atoms with E-state index >= 15 is 0 Å². The summed E-state index contributed by atoms with van der Waals surface area (Å²) in [5, 5.41) is 3.33. The van der Waals surface area contributed by atoms with E-state index in [2.05, 4.69) is 10.3 Å². The summed E-state index contributed by atoms with van der Waals surface area (Å²) in [4.78, 5) is 16.7. The molecule has 3 aromatic rings. The zero-order valence-electron chi connectivity index (χ0n) is 12.3. The number of para-hydroxylation sites is 2. The van der Waals surface area contributed by atoms with Gasteiger partial charge in [-0.05, 0) is 43.7 Å². The number of anilines is 1. The van der Waals surface area contributed by atoms with Crippen molar-refractivity contribution < 1.29 is 9.21 Å². The van der Waals surface area contributed by atoms with Crippen molar-refractivity contribution in [1.82, 2.24) is 4.98 Å². The number of aryl methyl sites for hydroxylation is 1. The topological polar surface area (TPSA) is 55.1 Å². The van der Waals surface area contributed by atoms with Gasteiger partial charge in [-0.25, -0.2) is 4.98 Å². The first-order valence-corrected chi connectivity index (χ1v) is 7.35. The van der Waals surface area contributed by atoms with Gasteiger partial charge in [-0.3, -0.25) is 4.79 Å².